The van der Waals surface area contributed by atoms with Gasteiger partial charge in [-0.15, -0.1) is 11.3 Å². The summed E-state index contributed by atoms with van der Waals surface area (Å²) in [4.78, 5) is 2.38. The van der Waals surface area contributed by atoms with Crippen molar-refractivity contribution < 1.29 is 0 Å². The minimum absolute atomic E-state index is 1.09. The lowest BCUT2D eigenvalue weighted by atomic mass is 9.84. The Balaban J connectivity index is 0.874. The first-order valence-corrected chi connectivity index (χ1v) is 25.5. The SMILES string of the molecule is c1ccc(-c2c(-c3ccccc3)c3cc(-c4ccc(N(c5ccc(-c6ccc7c(ccc8ccccc87)c6)cc5)c5ccc(-c6cccc7c6sc6ccccc67)cc5)cc4)ccc3c3ccccc23)cc1. The van der Waals surface area contributed by atoms with Crippen LogP contribution in [0.2, 0.25) is 0 Å². The molecule has 14 aromatic rings. The molecular formula is C70H45NS. The van der Waals surface area contributed by atoms with E-state index in [0.29, 0.717) is 0 Å². The van der Waals surface area contributed by atoms with E-state index in [4.69, 9.17) is 0 Å². The molecule has 0 amide bonds. The van der Waals surface area contributed by atoms with E-state index < -0.39 is 0 Å². The van der Waals surface area contributed by atoms with E-state index in [1.54, 1.807) is 0 Å². The summed E-state index contributed by atoms with van der Waals surface area (Å²) in [5, 5.41) is 12.7. The maximum Gasteiger partial charge on any atom is 0.0462 e. The summed E-state index contributed by atoms with van der Waals surface area (Å²) in [6, 6.07) is 100. The number of hydrogen-bond donors (Lipinski definition) is 0. The maximum absolute atomic E-state index is 2.41. The van der Waals surface area contributed by atoms with E-state index in [0.717, 1.165) is 17.1 Å². The number of fused-ring (bicyclic) bond motifs is 9. The minimum Gasteiger partial charge on any atom is -0.311 e. The van der Waals surface area contributed by atoms with Crippen molar-refractivity contribution >= 4 is 91.7 Å². The Labute approximate surface area is 422 Å². The fraction of sp³-hybridized carbons (Fsp3) is 0. The van der Waals surface area contributed by atoms with E-state index in [2.05, 4.69) is 278 Å². The van der Waals surface area contributed by atoms with Crippen LogP contribution in [0.25, 0.3) is 119 Å². The zero-order chi connectivity index (χ0) is 47.5. The number of benzene rings is 13. The monoisotopic (exact) mass is 931 g/mol. The van der Waals surface area contributed by atoms with Gasteiger partial charge >= 0.3 is 0 Å². The largest absolute Gasteiger partial charge is 0.311 e. The normalized spacial score (nSPS) is 11.6. The Bertz CT molecular complexity index is 4340. The molecule has 0 fully saturated rings. The van der Waals surface area contributed by atoms with Gasteiger partial charge in [0.15, 0.2) is 0 Å². The van der Waals surface area contributed by atoms with Crippen molar-refractivity contribution in [2.24, 2.45) is 0 Å². The molecule has 0 spiro atoms. The molecule has 1 aromatic heterocycles. The van der Waals surface area contributed by atoms with Crippen LogP contribution in [0.4, 0.5) is 17.1 Å². The Morgan fingerprint density at radius 3 is 1.36 bits per heavy atom. The summed E-state index contributed by atoms with van der Waals surface area (Å²) in [6.07, 6.45) is 0. The lowest BCUT2D eigenvalue weighted by Gasteiger charge is -2.26. The Morgan fingerprint density at radius 1 is 0.236 bits per heavy atom. The van der Waals surface area contributed by atoms with Gasteiger partial charge in [0.1, 0.15) is 0 Å². The quantitative estimate of drug-likeness (QED) is 0.137. The fourth-order valence-corrected chi connectivity index (χ4v) is 12.4. The molecule has 0 saturated carbocycles. The summed E-state index contributed by atoms with van der Waals surface area (Å²) in [5.41, 5.74) is 15.4. The molecule has 0 bridgehead atoms. The number of anilines is 3. The predicted molar refractivity (Wildman–Crippen MR) is 311 cm³/mol. The summed E-state index contributed by atoms with van der Waals surface area (Å²) in [6.45, 7) is 0. The predicted octanol–water partition coefficient (Wildman–Crippen LogP) is 20.5. The second-order valence-electron chi connectivity index (χ2n) is 18.8. The zero-order valence-electron chi connectivity index (χ0n) is 39.3. The van der Waals surface area contributed by atoms with Gasteiger partial charge in [-0.2, -0.15) is 0 Å². The van der Waals surface area contributed by atoms with Gasteiger partial charge in [-0.3, -0.25) is 0 Å². The Hall–Kier alpha value is -9.08. The lowest BCUT2D eigenvalue weighted by molar-refractivity contribution is 1.28. The second-order valence-corrected chi connectivity index (χ2v) is 19.8. The van der Waals surface area contributed by atoms with Crippen LogP contribution in [-0.4, -0.2) is 0 Å². The molecule has 0 N–H and O–H groups in total. The van der Waals surface area contributed by atoms with E-state index >= 15 is 0 Å². The standard InChI is InChI=1S/C70H45NS/c1-3-15-50(16-4-1)68-64-22-10-9-20-61(64)62-43-35-53(45-66(62)69(68)51-17-5-2-6-18-51)47-30-38-56(39-31-47)71(57-40-32-49(33-41-57)60-23-13-24-65-63-21-11-12-25-67(63)72-70(60)65)55-36-28-46(29-37-55)52-34-42-59-54(44-52)27-26-48-14-7-8-19-58(48)59/h1-45H. The molecule has 14 rings (SSSR count). The molecule has 0 atom stereocenters. The summed E-state index contributed by atoms with van der Waals surface area (Å²) >= 11 is 1.88. The average molecular weight is 932 g/mol. The third kappa shape index (κ3) is 7.15. The topological polar surface area (TPSA) is 3.24 Å². The van der Waals surface area contributed by atoms with Crippen LogP contribution < -0.4 is 4.90 Å². The number of rotatable bonds is 8. The Kier molecular flexibility index (Phi) is 10.1. The first-order valence-electron chi connectivity index (χ1n) is 24.7. The number of thiophene rings is 1. The molecule has 2 heteroatoms. The van der Waals surface area contributed by atoms with Gasteiger partial charge in [-0.1, -0.05) is 218 Å². The van der Waals surface area contributed by atoms with E-state index in [9.17, 15) is 0 Å². The van der Waals surface area contributed by atoms with E-state index in [1.165, 1.54) is 119 Å². The summed E-state index contributed by atoms with van der Waals surface area (Å²) < 4.78 is 2.64. The van der Waals surface area contributed by atoms with Crippen LogP contribution in [0.1, 0.15) is 0 Å². The summed E-state index contributed by atoms with van der Waals surface area (Å²) in [7, 11) is 0. The van der Waals surface area contributed by atoms with Crippen molar-refractivity contribution in [1.29, 1.82) is 0 Å². The molecule has 13 aromatic carbocycles. The van der Waals surface area contributed by atoms with E-state index in [1.807, 2.05) is 11.3 Å². The Morgan fingerprint density at radius 2 is 0.694 bits per heavy atom. The highest BCUT2D eigenvalue weighted by molar-refractivity contribution is 7.26. The molecule has 0 saturated heterocycles. The molecule has 0 radical (unpaired) electrons. The molecule has 72 heavy (non-hydrogen) atoms. The van der Waals surface area contributed by atoms with Gasteiger partial charge in [-0.25, -0.2) is 0 Å². The average Bonchev–Trinajstić information content (AvgIpc) is 3.85. The molecular weight excluding hydrogens is 887 g/mol. The van der Waals surface area contributed by atoms with Crippen LogP contribution in [0.15, 0.2) is 273 Å². The van der Waals surface area contributed by atoms with Crippen LogP contribution in [0.5, 0.6) is 0 Å². The highest BCUT2D eigenvalue weighted by Crippen LogP contribution is 2.47. The third-order valence-corrected chi connectivity index (χ3v) is 15.9. The van der Waals surface area contributed by atoms with Gasteiger partial charge in [0.05, 0.1) is 0 Å². The maximum atomic E-state index is 2.41. The van der Waals surface area contributed by atoms with Gasteiger partial charge in [0.2, 0.25) is 0 Å². The molecule has 336 valence electrons. The molecule has 0 aliphatic heterocycles. The minimum atomic E-state index is 1.09. The van der Waals surface area contributed by atoms with Crippen molar-refractivity contribution in [2.45, 2.75) is 0 Å². The highest BCUT2D eigenvalue weighted by atomic mass is 32.1. The van der Waals surface area contributed by atoms with Gasteiger partial charge in [-0.05, 0) is 153 Å². The molecule has 0 aliphatic carbocycles. The molecule has 0 aliphatic rings. The van der Waals surface area contributed by atoms with Crippen molar-refractivity contribution in [3.05, 3.63) is 273 Å². The van der Waals surface area contributed by atoms with Crippen molar-refractivity contribution in [1.82, 2.24) is 0 Å². The van der Waals surface area contributed by atoms with Crippen molar-refractivity contribution in [3.63, 3.8) is 0 Å². The smallest absolute Gasteiger partial charge is 0.0462 e. The zero-order valence-corrected chi connectivity index (χ0v) is 40.2. The third-order valence-electron chi connectivity index (χ3n) is 14.7. The number of nitrogens with zero attached hydrogens (tertiary/aromatic N) is 1. The van der Waals surface area contributed by atoms with Crippen LogP contribution in [0.3, 0.4) is 0 Å². The first kappa shape index (κ1) is 41.9. The van der Waals surface area contributed by atoms with Crippen molar-refractivity contribution in [3.8, 4) is 55.6 Å². The number of hydrogen-bond acceptors (Lipinski definition) is 2. The second kappa shape index (κ2) is 17.4. The molecule has 1 heterocycles. The highest BCUT2D eigenvalue weighted by Gasteiger charge is 2.20. The molecule has 1 nitrogen and oxygen atoms in total. The van der Waals surface area contributed by atoms with Gasteiger partial charge < -0.3 is 4.90 Å². The van der Waals surface area contributed by atoms with Crippen molar-refractivity contribution in [2.75, 3.05) is 4.90 Å². The van der Waals surface area contributed by atoms with Crippen LogP contribution in [0, 0.1) is 0 Å². The van der Waals surface area contributed by atoms with E-state index in [-0.39, 0.29) is 0 Å². The molecule has 0 unspecified atom stereocenters. The van der Waals surface area contributed by atoms with Gasteiger partial charge in [0.25, 0.3) is 0 Å². The lowest BCUT2D eigenvalue weighted by Crippen LogP contribution is -2.09. The van der Waals surface area contributed by atoms with Crippen LogP contribution >= 0.6 is 11.3 Å². The van der Waals surface area contributed by atoms with Crippen LogP contribution in [-0.2, 0) is 0 Å². The summed E-state index contributed by atoms with van der Waals surface area (Å²) in [5.74, 6) is 0. The van der Waals surface area contributed by atoms with Gasteiger partial charge in [0, 0.05) is 37.2 Å². The first-order chi connectivity index (χ1) is 35.7. The fourth-order valence-electron chi connectivity index (χ4n) is 11.2.